The van der Waals surface area contributed by atoms with Crippen LogP contribution in [0.4, 0.5) is 0 Å². The molecule has 1 aliphatic heterocycles. The first kappa shape index (κ1) is 24.6. The lowest BCUT2D eigenvalue weighted by atomic mass is 9.77. The van der Waals surface area contributed by atoms with Crippen LogP contribution in [0, 0.1) is 0 Å². The van der Waals surface area contributed by atoms with Crippen LogP contribution in [0.15, 0.2) is 115 Å². The summed E-state index contributed by atoms with van der Waals surface area (Å²) in [6, 6.07) is 42.2. The summed E-state index contributed by atoms with van der Waals surface area (Å²) in [6.45, 7) is 8.41. The molecule has 1 fully saturated rings. The van der Waals surface area contributed by atoms with E-state index in [1.54, 1.807) is 0 Å². The molecule has 1 heterocycles. The Bertz CT molecular complexity index is 2100. The summed E-state index contributed by atoms with van der Waals surface area (Å²) in [5.74, 6) is 0. The van der Waals surface area contributed by atoms with Gasteiger partial charge in [0.1, 0.15) is 0 Å². The van der Waals surface area contributed by atoms with Crippen LogP contribution in [0.25, 0.3) is 65.3 Å². The Hall–Kier alpha value is -4.18. The lowest BCUT2D eigenvalue weighted by Gasteiger charge is -2.32. The zero-order valence-corrected chi connectivity index (χ0v) is 23.9. The lowest BCUT2D eigenvalue weighted by molar-refractivity contribution is 0.00578. The van der Waals surface area contributed by atoms with Crippen molar-refractivity contribution in [3.05, 3.63) is 115 Å². The van der Waals surface area contributed by atoms with Crippen LogP contribution in [0.1, 0.15) is 27.7 Å². The molecule has 41 heavy (non-hydrogen) atoms. The molecule has 7 aromatic carbocycles. The van der Waals surface area contributed by atoms with Gasteiger partial charge in [-0.05, 0) is 98.5 Å². The summed E-state index contributed by atoms with van der Waals surface area (Å²) in [7, 11) is -0.386. The third kappa shape index (κ3) is 3.66. The third-order valence-corrected chi connectivity index (χ3v) is 9.47. The molecule has 0 aromatic heterocycles. The maximum Gasteiger partial charge on any atom is 0.494 e. The highest BCUT2D eigenvalue weighted by molar-refractivity contribution is 6.62. The number of fused-ring (bicyclic) bond motifs is 1. The van der Waals surface area contributed by atoms with Gasteiger partial charge < -0.3 is 9.31 Å². The van der Waals surface area contributed by atoms with Gasteiger partial charge in [0.15, 0.2) is 0 Å². The van der Waals surface area contributed by atoms with E-state index in [0.29, 0.717) is 0 Å². The Morgan fingerprint density at radius 1 is 0.463 bits per heavy atom. The van der Waals surface area contributed by atoms with E-state index in [0.717, 1.165) is 5.46 Å². The molecule has 0 aliphatic carbocycles. The number of benzene rings is 7. The minimum absolute atomic E-state index is 0.373. The van der Waals surface area contributed by atoms with Gasteiger partial charge in [0.05, 0.1) is 11.2 Å². The van der Waals surface area contributed by atoms with E-state index in [1.165, 1.54) is 65.3 Å². The first-order valence-corrected chi connectivity index (χ1v) is 14.5. The molecule has 0 unspecified atom stereocenters. The molecule has 7 aromatic rings. The van der Waals surface area contributed by atoms with Gasteiger partial charge in [-0.3, -0.25) is 0 Å². The predicted octanol–water partition coefficient (Wildman–Crippen LogP) is 9.37. The second-order valence-corrected chi connectivity index (χ2v) is 12.4. The summed E-state index contributed by atoms with van der Waals surface area (Å²) in [4.78, 5) is 0. The van der Waals surface area contributed by atoms with Crippen molar-refractivity contribution in [2.24, 2.45) is 0 Å². The van der Waals surface area contributed by atoms with Crippen LogP contribution < -0.4 is 5.46 Å². The van der Waals surface area contributed by atoms with Crippen LogP contribution in [0.3, 0.4) is 0 Å². The Balaban J connectivity index is 1.33. The zero-order valence-electron chi connectivity index (χ0n) is 23.9. The van der Waals surface area contributed by atoms with E-state index >= 15 is 0 Å². The smallest absolute Gasteiger partial charge is 0.399 e. The van der Waals surface area contributed by atoms with E-state index in [4.69, 9.17) is 9.31 Å². The summed E-state index contributed by atoms with van der Waals surface area (Å²) in [5, 5.41) is 10.3. The second-order valence-electron chi connectivity index (χ2n) is 12.4. The Kier molecular flexibility index (Phi) is 5.20. The summed E-state index contributed by atoms with van der Waals surface area (Å²) in [6.07, 6.45) is 0. The Morgan fingerprint density at radius 3 is 1.76 bits per heavy atom. The van der Waals surface area contributed by atoms with Gasteiger partial charge in [-0.25, -0.2) is 0 Å². The molecule has 0 radical (unpaired) electrons. The van der Waals surface area contributed by atoms with E-state index in [2.05, 4.69) is 143 Å². The largest absolute Gasteiger partial charge is 0.494 e. The van der Waals surface area contributed by atoms with Gasteiger partial charge in [-0.2, -0.15) is 0 Å². The maximum absolute atomic E-state index is 6.38. The highest BCUT2D eigenvalue weighted by Crippen LogP contribution is 2.43. The summed E-state index contributed by atoms with van der Waals surface area (Å²) >= 11 is 0. The summed E-state index contributed by atoms with van der Waals surface area (Å²) in [5.41, 5.74) is 5.24. The monoisotopic (exact) mass is 530 g/mol. The quantitative estimate of drug-likeness (QED) is 0.167. The molecule has 8 rings (SSSR count). The molecule has 0 spiro atoms. The van der Waals surface area contributed by atoms with Crippen LogP contribution in [-0.4, -0.2) is 18.3 Å². The van der Waals surface area contributed by atoms with E-state index < -0.39 is 0 Å². The molecule has 2 nitrogen and oxygen atoms in total. The fourth-order valence-corrected chi connectivity index (χ4v) is 6.58. The maximum atomic E-state index is 6.38. The molecule has 1 aliphatic rings. The molecule has 3 heteroatoms. The number of hydrogen-bond donors (Lipinski definition) is 0. The summed E-state index contributed by atoms with van der Waals surface area (Å²) < 4.78 is 12.8. The van der Waals surface area contributed by atoms with Gasteiger partial charge in [0.25, 0.3) is 0 Å². The van der Waals surface area contributed by atoms with Crippen molar-refractivity contribution in [1.29, 1.82) is 0 Å². The van der Waals surface area contributed by atoms with Gasteiger partial charge >= 0.3 is 7.12 Å². The molecular formula is C38H31BO2. The SMILES string of the molecule is CC1(C)OB(c2cccc(-c3ccc4ccc5c(-c6cccc7ccccc67)ccc6ccc3c4c65)c2)OC1(C)C. The highest BCUT2D eigenvalue weighted by Gasteiger charge is 2.51. The highest BCUT2D eigenvalue weighted by atomic mass is 16.7. The van der Waals surface area contributed by atoms with E-state index in [1.807, 2.05) is 0 Å². The molecule has 0 amide bonds. The van der Waals surface area contributed by atoms with Gasteiger partial charge in [0, 0.05) is 0 Å². The van der Waals surface area contributed by atoms with Crippen LogP contribution in [-0.2, 0) is 9.31 Å². The van der Waals surface area contributed by atoms with Crippen LogP contribution in [0.2, 0.25) is 0 Å². The standard InChI is InChI=1S/C38H31BO2/c1-37(2)38(3,4)41-39(40-37)28-12-7-11-27(23-28)30-19-15-25-18-22-34-32(20-16-26-17-21-33(30)35(25)36(26)34)31-14-8-10-24-9-5-6-13-29(24)31/h5-23H,1-4H3. The third-order valence-electron chi connectivity index (χ3n) is 9.47. The average molecular weight is 530 g/mol. The Morgan fingerprint density at radius 2 is 1.02 bits per heavy atom. The first-order valence-electron chi connectivity index (χ1n) is 14.5. The first-order chi connectivity index (χ1) is 19.8. The van der Waals surface area contributed by atoms with Crippen molar-refractivity contribution in [1.82, 2.24) is 0 Å². The van der Waals surface area contributed by atoms with Crippen molar-refractivity contribution in [3.63, 3.8) is 0 Å². The van der Waals surface area contributed by atoms with Crippen molar-refractivity contribution in [2.45, 2.75) is 38.9 Å². The van der Waals surface area contributed by atoms with Crippen molar-refractivity contribution in [3.8, 4) is 22.3 Å². The van der Waals surface area contributed by atoms with Crippen LogP contribution >= 0.6 is 0 Å². The van der Waals surface area contributed by atoms with Crippen molar-refractivity contribution >= 4 is 55.7 Å². The predicted molar refractivity (Wildman–Crippen MR) is 174 cm³/mol. The molecule has 0 atom stereocenters. The molecule has 198 valence electrons. The van der Waals surface area contributed by atoms with E-state index in [-0.39, 0.29) is 18.3 Å². The lowest BCUT2D eigenvalue weighted by Crippen LogP contribution is -2.41. The van der Waals surface area contributed by atoms with Crippen LogP contribution in [0.5, 0.6) is 0 Å². The Labute approximate surface area is 241 Å². The second kappa shape index (κ2) is 8.66. The molecule has 0 N–H and O–H groups in total. The zero-order chi connectivity index (χ0) is 27.9. The normalized spacial score (nSPS) is 16.4. The number of hydrogen-bond acceptors (Lipinski definition) is 2. The minimum atomic E-state index is -0.386. The van der Waals surface area contributed by atoms with Crippen molar-refractivity contribution < 1.29 is 9.31 Å². The minimum Gasteiger partial charge on any atom is -0.399 e. The van der Waals surface area contributed by atoms with Gasteiger partial charge in [0.2, 0.25) is 0 Å². The molecule has 1 saturated heterocycles. The average Bonchev–Trinajstić information content (AvgIpc) is 3.21. The van der Waals surface area contributed by atoms with Gasteiger partial charge in [-0.15, -0.1) is 0 Å². The molecular weight excluding hydrogens is 499 g/mol. The number of rotatable bonds is 3. The molecule has 0 bridgehead atoms. The fraction of sp³-hybridized carbons (Fsp3) is 0.158. The van der Waals surface area contributed by atoms with E-state index in [9.17, 15) is 0 Å². The van der Waals surface area contributed by atoms with Gasteiger partial charge in [-0.1, -0.05) is 115 Å². The fourth-order valence-electron chi connectivity index (χ4n) is 6.58. The molecule has 0 saturated carbocycles. The van der Waals surface area contributed by atoms with Crippen molar-refractivity contribution in [2.75, 3.05) is 0 Å². The topological polar surface area (TPSA) is 18.5 Å².